The number of fused-ring (bicyclic) bond motifs is 2. The third-order valence-corrected chi connectivity index (χ3v) is 13.4. The quantitative estimate of drug-likeness (QED) is 0.0541. The summed E-state index contributed by atoms with van der Waals surface area (Å²) in [7, 11) is 0. The molecule has 1 amide bonds. The number of aliphatic hydroxyl groups is 2. The molecule has 0 saturated carbocycles. The minimum absolute atomic E-state index is 0. The topological polar surface area (TPSA) is 195 Å². The van der Waals surface area contributed by atoms with Gasteiger partial charge in [-0.2, -0.15) is 17.6 Å². The molecule has 0 bridgehead atoms. The van der Waals surface area contributed by atoms with Crippen LogP contribution in [-0.4, -0.2) is 115 Å². The van der Waals surface area contributed by atoms with E-state index in [1.807, 2.05) is 4.90 Å². The van der Waals surface area contributed by atoms with Crippen molar-refractivity contribution in [3.8, 4) is 46.0 Å². The number of aliphatic hydroxyl groups excluding tert-OH is 2. The van der Waals surface area contributed by atoms with Crippen LogP contribution in [0.25, 0.3) is 0 Å². The largest absolute Gasteiger partial charge is 0.486 e. The molecule has 2 fully saturated rings. The number of likely N-dealkylation sites (tertiary alicyclic amines) is 2. The number of carbonyl (C=O) groups excluding carboxylic acids is 1. The number of carboxylic acids is 1. The van der Waals surface area contributed by atoms with E-state index in [1.54, 1.807) is 6.07 Å². The molecule has 440 valence electrons. The number of ether oxygens (including phenoxy) is 6. The van der Waals surface area contributed by atoms with Crippen molar-refractivity contribution in [3.05, 3.63) is 167 Å². The molecule has 4 aliphatic rings. The zero-order chi connectivity index (χ0) is 57.8. The molecular weight excluding hydrogens is 1090 g/mol. The Labute approximate surface area is 467 Å². The molecule has 82 heavy (non-hydrogen) atoms. The lowest BCUT2D eigenvalue weighted by Gasteiger charge is -2.30. The number of amides is 1. The molecule has 2 saturated heterocycles. The standard InChI is InChI=1S/C29H28F4N2O5.C15H21FN2O3.C14H9F3O3.CH4/c30-20-6-8-21(9-7-20)40-22-5-3-4-19(16-22)29(32,33)28(37)34-24(17-35-10-1-2-11-35)26(36)18-14-23(31)27-25(15-18)38-12-13-39-27;16-11-7-10(8-13-15(11)21-6-5-20-13)14(19)12(17)9-18-3-1-2-4-18;15-10-4-6-11(7-5-10)20-12-3-1-2-9(8-12)14(16,17)13(18)19;/h3-9,14-16,24,26,36H,1-2,10-13,17H2,(H,34,37);7-8,12,14,19H,1-6,9,17H2;1-8H,(H,18,19);1H4/t24-,26-;12-,14?;;/m11../s1. The second-order valence-corrected chi connectivity index (χ2v) is 19.3. The fourth-order valence-corrected chi connectivity index (χ4v) is 9.21. The number of hydrogen-bond donors (Lipinski definition) is 5. The van der Waals surface area contributed by atoms with Gasteiger partial charge in [0.1, 0.15) is 67.2 Å². The first-order valence-corrected chi connectivity index (χ1v) is 25.9. The van der Waals surface area contributed by atoms with Crippen LogP contribution in [0.1, 0.15) is 67.6 Å². The summed E-state index contributed by atoms with van der Waals surface area (Å²) in [4.78, 5) is 27.7. The van der Waals surface area contributed by atoms with Crippen LogP contribution in [0.2, 0.25) is 0 Å². The van der Waals surface area contributed by atoms with Gasteiger partial charge in [-0.05, 0) is 160 Å². The molecule has 4 atom stereocenters. The van der Waals surface area contributed by atoms with Crippen LogP contribution in [-0.2, 0) is 21.4 Å². The zero-order valence-corrected chi connectivity index (χ0v) is 43.4. The molecule has 1 unspecified atom stereocenters. The number of rotatable bonds is 17. The van der Waals surface area contributed by atoms with Gasteiger partial charge in [0.15, 0.2) is 34.6 Å². The van der Waals surface area contributed by atoms with Crippen LogP contribution >= 0.6 is 0 Å². The average Bonchev–Trinajstić information content (AvgIpc) is 4.25. The predicted molar refractivity (Wildman–Crippen MR) is 284 cm³/mol. The van der Waals surface area contributed by atoms with E-state index >= 15 is 8.78 Å². The molecule has 10 rings (SSSR count). The van der Waals surface area contributed by atoms with Crippen molar-refractivity contribution in [1.29, 1.82) is 0 Å². The van der Waals surface area contributed by atoms with Crippen LogP contribution in [0.15, 0.2) is 121 Å². The van der Waals surface area contributed by atoms with Gasteiger partial charge in [-0.3, -0.25) is 4.79 Å². The Morgan fingerprint density at radius 1 is 0.561 bits per heavy atom. The zero-order valence-electron chi connectivity index (χ0n) is 43.4. The smallest absolute Gasteiger partial charge is 0.379 e. The highest BCUT2D eigenvalue weighted by atomic mass is 19.3. The van der Waals surface area contributed by atoms with Crippen molar-refractivity contribution >= 4 is 11.9 Å². The third-order valence-electron chi connectivity index (χ3n) is 13.4. The lowest BCUT2D eigenvalue weighted by atomic mass is 9.99. The molecule has 15 nitrogen and oxygen atoms in total. The molecule has 6 aromatic carbocycles. The number of carboxylic acid groups (broad SMARTS) is 1. The average molecular weight is 1160 g/mol. The van der Waals surface area contributed by atoms with E-state index in [0.717, 1.165) is 68.4 Å². The fraction of sp³-hybridized carbons (Fsp3) is 0.356. The van der Waals surface area contributed by atoms with E-state index in [1.165, 1.54) is 85.6 Å². The summed E-state index contributed by atoms with van der Waals surface area (Å²) in [6, 6.07) is 23.1. The highest BCUT2D eigenvalue weighted by molar-refractivity contribution is 5.85. The van der Waals surface area contributed by atoms with Gasteiger partial charge in [-0.25, -0.2) is 22.4 Å². The molecule has 0 aromatic heterocycles. The molecular formula is C59H62F8N4O11. The van der Waals surface area contributed by atoms with E-state index in [2.05, 4.69) is 10.2 Å². The molecule has 23 heteroatoms. The summed E-state index contributed by atoms with van der Waals surface area (Å²) in [6.45, 7) is 5.13. The Kier molecular flexibility index (Phi) is 21.0. The van der Waals surface area contributed by atoms with Crippen LogP contribution in [0.3, 0.4) is 0 Å². The predicted octanol–water partition coefficient (Wildman–Crippen LogP) is 10.4. The van der Waals surface area contributed by atoms with Crippen molar-refractivity contribution in [2.75, 3.05) is 65.7 Å². The first-order chi connectivity index (χ1) is 38.7. The van der Waals surface area contributed by atoms with Gasteiger partial charge in [0, 0.05) is 30.3 Å². The second kappa shape index (κ2) is 27.8. The van der Waals surface area contributed by atoms with Crippen molar-refractivity contribution in [3.63, 3.8) is 0 Å². The lowest BCUT2D eigenvalue weighted by Crippen LogP contribution is -2.51. The number of nitrogens with two attached hydrogens (primary N) is 1. The number of aliphatic carboxylic acids is 1. The van der Waals surface area contributed by atoms with E-state index < -0.39 is 82.4 Å². The van der Waals surface area contributed by atoms with Crippen molar-refractivity contribution in [2.45, 2.75) is 69.2 Å². The Bertz CT molecular complexity index is 3100. The minimum Gasteiger partial charge on any atom is -0.486 e. The van der Waals surface area contributed by atoms with Gasteiger partial charge in [0.2, 0.25) is 0 Å². The first kappa shape index (κ1) is 61.9. The molecule has 6 N–H and O–H groups in total. The Balaban J connectivity index is 0.000000194. The van der Waals surface area contributed by atoms with E-state index in [-0.39, 0.29) is 73.0 Å². The van der Waals surface area contributed by atoms with E-state index in [0.29, 0.717) is 44.2 Å². The molecule has 0 aliphatic carbocycles. The van der Waals surface area contributed by atoms with Gasteiger partial charge in [0.05, 0.1) is 12.1 Å². The molecule has 0 spiro atoms. The van der Waals surface area contributed by atoms with Crippen LogP contribution in [0.5, 0.6) is 46.0 Å². The first-order valence-electron chi connectivity index (χ1n) is 25.9. The number of hydrogen-bond acceptors (Lipinski definition) is 13. The van der Waals surface area contributed by atoms with E-state index in [9.17, 15) is 46.1 Å². The maximum atomic E-state index is 15.4. The van der Waals surface area contributed by atoms with Crippen LogP contribution < -0.4 is 39.5 Å². The minimum atomic E-state index is -4.00. The summed E-state index contributed by atoms with van der Waals surface area (Å²) >= 11 is 0. The number of alkyl halides is 4. The summed E-state index contributed by atoms with van der Waals surface area (Å²) in [6.07, 6.45) is 1.69. The Morgan fingerprint density at radius 2 is 0.976 bits per heavy atom. The SMILES string of the molecule is C.N[C@H](CN1CCCC1)C(O)c1cc(F)c2c(c1)OCCO2.O=C(N[C@H](CN1CCCC1)[C@H](O)c1cc(F)c2c(c1)OCCO2)C(F)(F)c1cccc(Oc2ccc(F)cc2)c1.O=C(O)C(F)(F)c1cccc(Oc2ccc(F)cc2)c1. The van der Waals surface area contributed by atoms with Gasteiger partial charge in [-0.1, -0.05) is 31.7 Å². The van der Waals surface area contributed by atoms with E-state index in [4.69, 9.17) is 39.3 Å². The monoisotopic (exact) mass is 1150 g/mol. The van der Waals surface area contributed by atoms with Crippen LogP contribution in [0, 0.1) is 23.3 Å². The number of nitrogens with zero attached hydrogens (tertiary/aromatic N) is 2. The summed E-state index contributed by atoms with van der Waals surface area (Å²) < 4.78 is 144. The lowest BCUT2D eigenvalue weighted by molar-refractivity contribution is -0.166. The maximum Gasteiger partial charge on any atom is 0.379 e. The number of carbonyl (C=O) groups is 2. The summed E-state index contributed by atoms with van der Waals surface area (Å²) in [5, 5.41) is 32.3. The van der Waals surface area contributed by atoms with Crippen molar-refractivity contribution in [2.24, 2.45) is 5.73 Å². The van der Waals surface area contributed by atoms with Gasteiger partial charge >= 0.3 is 17.8 Å². The normalized spacial score (nSPS) is 16.4. The van der Waals surface area contributed by atoms with Crippen molar-refractivity contribution in [1.82, 2.24) is 15.1 Å². The Morgan fingerprint density at radius 3 is 1.43 bits per heavy atom. The molecule has 6 aromatic rings. The highest BCUT2D eigenvalue weighted by Gasteiger charge is 2.44. The number of benzene rings is 6. The van der Waals surface area contributed by atoms with Crippen LogP contribution in [0.4, 0.5) is 35.1 Å². The molecule has 4 heterocycles. The van der Waals surface area contributed by atoms with Gasteiger partial charge in [-0.15, -0.1) is 0 Å². The molecule has 0 radical (unpaired) electrons. The molecule has 4 aliphatic heterocycles. The summed E-state index contributed by atoms with van der Waals surface area (Å²) in [5.41, 5.74) is 5.24. The Hall–Kier alpha value is -7.70. The third kappa shape index (κ3) is 15.8. The maximum absolute atomic E-state index is 15.4. The van der Waals surface area contributed by atoms with Gasteiger partial charge in [0.25, 0.3) is 5.91 Å². The number of nitrogens with one attached hydrogen (secondary N) is 1. The summed E-state index contributed by atoms with van der Waals surface area (Å²) in [5.74, 6) is -13.1. The fourth-order valence-electron chi connectivity index (χ4n) is 9.21. The van der Waals surface area contributed by atoms with Gasteiger partial charge < -0.3 is 64.6 Å². The second-order valence-electron chi connectivity index (χ2n) is 19.3. The number of halogens is 8. The highest BCUT2D eigenvalue weighted by Crippen LogP contribution is 2.39. The van der Waals surface area contributed by atoms with Crippen molar-refractivity contribution < 1.29 is 88.5 Å².